The van der Waals surface area contributed by atoms with Crippen molar-refractivity contribution < 1.29 is 4.79 Å². The normalized spacial score (nSPS) is 21.5. The molecule has 0 aromatic heterocycles. The van der Waals surface area contributed by atoms with Gasteiger partial charge in [0.15, 0.2) is 0 Å². The number of nitrogens with one attached hydrogen (secondary N) is 2. The molecule has 2 saturated heterocycles. The summed E-state index contributed by atoms with van der Waals surface area (Å²) in [5, 5.41) is 0. The van der Waals surface area contributed by atoms with E-state index >= 15 is 0 Å². The number of piperazine rings is 1. The molecule has 178 valence electrons. The number of benzene rings is 2. The molecular weight excluding hydrogens is 410 g/mol. The lowest BCUT2D eigenvalue weighted by atomic mass is 10.00. The van der Waals surface area contributed by atoms with Crippen LogP contribution in [-0.4, -0.2) is 67.6 Å². The molecule has 2 aromatic rings. The fourth-order valence-corrected chi connectivity index (χ4v) is 4.92. The van der Waals surface area contributed by atoms with Crippen LogP contribution in [0.2, 0.25) is 0 Å². The van der Waals surface area contributed by atoms with E-state index in [4.69, 9.17) is 0 Å². The molecule has 0 spiro atoms. The number of hydrogen-bond donors (Lipinski definition) is 2. The zero-order chi connectivity index (χ0) is 23.2. The zero-order valence-corrected chi connectivity index (χ0v) is 20.3. The molecule has 2 aromatic carbocycles. The second kappa shape index (κ2) is 11.1. The number of rotatable bonds is 8. The van der Waals surface area contributed by atoms with Crippen LogP contribution in [-0.2, 0) is 0 Å². The maximum absolute atomic E-state index is 12.9. The third-order valence-corrected chi connectivity index (χ3v) is 7.10. The first kappa shape index (κ1) is 23.7. The molecule has 2 aliphatic rings. The van der Waals surface area contributed by atoms with E-state index in [9.17, 15) is 4.79 Å². The number of carbonyl (C=O) groups is 1. The summed E-state index contributed by atoms with van der Waals surface area (Å²) in [5.74, 6) is 0.103. The van der Waals surface area contributed by atoms with Gasteiger partial charge in [0.05, 0.1) is 0 Å². The summed E-state index contributed by atoms with van der Waals surface area (Å²) < 4.78 is 0. The molecule has 33 heavy (non-hydrogen) atoms. The Labute approximate surface area is 198 Å². The van der Waals surface area contributed by atoms with Gasteiger partial charge in [-0.1, -0.05) is 30.3 Å². The van der Waals surface area contributed by atoms with Gasteiger partial charge in [0.2, 0.25) is 0 Å². The van der Waals surface area contributed by atoms with Crippen molar-refractivity contribution in [3.63, 3.8) is 0 Å². The van der Waals surface area contributed by atoms with E-state index in [0.29, 0.717) is 18.1 Å². The standard InChI is InChI=1S/C27H39N5O/c1-21(2)31-16-18-32(19-17-31)25-13-11-23(12-14-25)27(33)30(3)15-7-10-24-20-26(29-28-24)22-8-5-4-6-9-22/h4-6,8-9,11-14,21,24,26,28-29H,7,10,15-20H2,1-3H3. The number of hydrogen-bond acceptors (Lipinski definition) is 5. The molecule has 6 nitrogen and oxygen atoms in total. The van der Waals surface area contributed by atoms with Gasteiger partial charge in [-0.3, -0.25) is 20.5 Å². The predicted octanol–water partition coefficient (Wildman–Crippen LogP) is 3.68. The van der Waals surface area contributed by atoms with E-state index in [1.807, 2.05) is 24.1 Å². The Balaban J connectivity index is 1.20. The molecule has 0 bridgehead atoms. The number of anilines is 1. The average molecular weight is 450 g/mol. The first-order valence-corrected chi connectivity index (χ1v) is 12.4. The van der Waals surface area contributed by atoms with Gasteiger partial charge >= 0.3 is 0 Å². The quantitative estimate of drug-likeness (QED) is 0.644. The first-order valence-electron chi connectivity index (χ1n) is 12.4. The van der Waals surface area contributed by atoms with E-state index in [1.54, 1.807) is 0 Å². The largest absolute Gasteiger partial charge is 0.369 e. The van der Waals surface area contributed by atoms with E-state index in [0.717, 1.165) is 57.5 Å². The van der Waals surface area contributed by atoms with Crippen LogP contribution in [0.5, 0.6) is 0 Å². The minimum absolute atomic E-state index is 0.103. The number of hydrazine groups is 1. The average Bonchev–Trinajstić information content (AvgIpc) is 3.33. The molecule has 2 atom stereocenters. The predicted molar refractivity (Wildman–Crippen MR) is 135 cm³/mol. The third-order valence-electron chi connectivity index (χ3n) is 7.10. The van der Waals surface area contributed by atoms with Crippen molar-refractivity contribution in [3.8, 4) is 0 Å². The van der Waals surface area contributed by atoms with Crippen LogP contribution in [0.25, 0.3) is 0 Å². The summed E-state index contributed by atoms with van der Waals surface area (Å²) in [7, 11) is 1.91. The number of carbonyl (C=O) groups excluding carboxylic acids is 1. The van der Waals surface area contributed by atoms with Crippen LogP contribution in [0.3, 0.4) is 0 Å². The highest BCUT2D eigenvalue weighted by Crippen LogP contribution is 2.24. The van der Waals surface area contributed by atoms with Crippen molar-refractivity contribution in [2.75, 3.05) is 44.7 Å². The summed E-state index contributed by atoms with van der Waals surface area (Å²) in [6.07, 6.45) is 3.12. The smallest absolute Gasteiger partial charge is 0.253 e. The highest BCUT2D eigenvalue weighted by Gasteiger charge is 2.25. The summed E-state index contributed by atoms with van der Waals surface area (Å²) in [6, 6.07) is 20.1. The second-order valence-electron chi connectivity index (χ2n) is 9.72. The van der Waals surface area contributed by atoms with Gasteiger partial charge in [-0.25, -0.2) is 0 Å². The molecule has 6 heteroatoms. The van der Waals surface area contributed by atoms with E-state index in [2.05, 4.69) is 77.0 Å². The Morgan fingerprint density at radius 3 is 2.36 bits per heavy atom. The minimum atomic E-state index is 0.103. The lowest BCUT2D eigenvalue weighted by Crippen LogP contribution is -2.48. The van der Waals surface area contributed by atoms with Crippen molar-refractivity contribution in [2.45, 2.75) is 51.2 Å². The summed E-state index contributed by atoms with van der Waals surface area (Å²) in [6.45, 7) is 9.56. The molecule has 2 unspecified atom stereocenters. The van der Waals surface area contributed by atoms with Crippen molar-refractivity contribution in [2.24, 2.45) is 0 Å². The Bertz CT molecular complexity index is 877. The maximum Gasteiger partial charge on any atom is 0.253 e. The van der Waals surface area contributed by atoms with Crippen molar-refractivity contribution in [1.82, 2.24) is 20.7 Å². The highest BCUT2D eigenvalue weighted by molar-refractivity contribution is 5.94. The van der Waals surface area contributed by atoms with Crippen molar-refractivity contribution in [1.29, 1.82) is 0 Å². The molecule has 2 heterocycles. The van der Waals surface area contributed by atoms with Crippen molar-refractivity contribution >= 4 is 11.6 Å². The molecule has 0 aliphatic carbocycles. The van der Waals surface area contributed by atoms with Gasteiger partial charge in [-0.2, -0.15) is 0 Å². The van der Waals surface area contributed by atoms with E-state index < -0.39 is 0 Å². The summed E-state index contributed by atoms with van der Waals surface area (Å²) in [5.41, 5.74) is 10.1. The summed E-state index contributed by atoms with van der Waals surface area (Å²) in [4.78, 5) is 19.7. The van der Waals surface area contributed by atoms with Crippen LogP contribution >= 0.6 is 0 Å². The van der Waals surface area contributed by atoms with Gasteiger partial charge < -0.3 is 9.80 Å². The lowest BCUT2D eigenvalue weighted by Gasteiger charge is -2.38. The van der Waals surface area contributed by atoms with Gasteiger partial charge in [0.25, 0.3) is 5.91 Å². The van der Waals surface area contributed by atoms with Crippen LogP contribution in [0, 0.1) is 0 Å². The van der Waals surface area contributed by atoms with Gasteiger partial charge in [-0.05, 0) is 62.9 Å². The number of nitrogens with zero attached hydrogens (tertiary/aromatic N) is 3. The molecular formula is C27H39N5O. The molecule has 1 amide bonds. The van der Waals surface area contributed by atoms with E-state index in [-0.39, 0.29) is 5.91 Å². The van der Waals surface area contributed by atoms with Crippen LogP contribution < -0.4 is 15.8 Å². The molecule has 2 N–H and O–H groups in total. The maximum atomic E-state index is 12.9. The molecule has 2 aliphatic heterocycles. The fourth-order valence-electron chi connectivity index (χ4n) is 4.92. The second-order valence-corrected chi connectivity index (χ2v) is 9.72. The third kappa shape index (κ3) is 6.14. The minimum Gasteiger partial charge on any atom is -0.369 e. The molecule has 2 fully saturated rings. The Morgan fingerprint density at radius 2 is 1.70 bits per heavy atom. The number of amides is 1. The summed E-state index contributed by atoms with van der Waals surface area (Å²) >= 11 is 0. The molecule has 0 radical (unpaired) electrons. The first-order chi connectivity index (χ1) is 16.0. The molecule has 0 saturated carbocycles. The Morgan fingerprint density at radius 1 is 1.00 bits per heavy atom. The lowest BCUT2D eigenvalue weighted by molar-refractivity contribution is 0.0791. The van der Waals surface area contributed by atoms with Gasteiger partial charge in [-0.15, -0.1) is 0 Å². The fraction of sp³-hybridized carbons (Fsp3) is 0.519. The Kier molecular flexibility index (Phi) is 8.02. The zero-order valence-electron chi connectivity index (χ0n) is 20.3. The van der Waals surface area contributed by atoms with Crippen LogP contribution in [0.15, 0.2) is 54.6 Å². The molecule has 4 rings (SSSR count). The highest BCUT2D eigenvalue weighted by atomic mass is 16.2. The van der Waals surface area contributed by atoms with Gasteiger partial charge in [0.1, 0.15) is 0 Å². The van der Waals surface area contributed by atoms with Gasteiger partial charge in [0, 0.05) is 69.1 Å². The van der Waals surface area contributed by atoms with E-state index in [1.165, 1.54) is 11.3 Å². The topological polar surface area (TPSA) is 50.9 Å². The SMILES string of the molecule is CC(C)N1CCN(c2ccc(C(=O)N(C)CCCC3CC(c4ccccc4)NN3)cc2)CC1. The van der Waals surface area contributed by atoms with Crippen LogP contribution in [0.1, 0.15) is 55.1 Å². The van der Waals surface area contributed by atoms with Crippen LogP contribution in [0.4, 0.5) is 5.69 Å². The monoisotopic (exact) mass is 449 g/mol. The Hall–Kier alpha value is -2.41. The van der Waals surface area contributed by atoms with Crippen molar-refractivity contribution in [3.05, 3.63) is 65.7 Å².